The molecule has 0 aliphatic carbocycles. The second kappa shape index (κ2) is 9.58. The summed E-state index contributed by atoms with van der Waals surface area (Å²) in [6, 6.07) is 21.4. The number of carbonyl (C=O) groups excluding carboxylic acids is 1. The van der Waals surface area contributed by atoms with E-state index in [9.17, 15) is 18.0 Å². The van der Waals surface area contributed by atoms with Gasteiger partial charge < -0.3 is 14.2 Å². The number of sulfonamides is 1. The zero-order valence-corrected chi connectivity index (χ0v) is 20.0. The van der Waals surface area contributed by atoms with E-state index in [-0.39, 0.29) is 41.3 Å². The number of amides is 1. The number of para-hydroxylation sites is 1. The van der Waals surface area contributed by atoms with Crippen molar-refractivity contribution in [2.75, 3.05) is 24.4 Å². The minimum absolute atomic E-state index is 0.0193. The van der Waals surface area contributed by atoms with Gasteiger partial charge in [-0.25, -0.2) is 8.42 Å². The minimum Gasteiger partial charge on any atom is -0.484 e. The largest absolute Gasteiger partial charge is 0.484 e. The van der Waals surface area contributed by atoms with Crippen molar-refractivity contribution < 1.29 is 17.9 Å². The van der Waals surface area contributed by atoms with Crippen LogP contribution in [0.15, 0.2) is 77.6 Å². The quantitative estimate of drug-likeness (QED) is 0.546. The molecule has 2 aliphatic heterocycles. The maximum Gasteiger partial charge on any atom is 0.275 e. The Morgan fingerprint density at radius 2 is 1.66 bits per heavy atom. The van der Waals surface area contributed by atoms with Gasteiger partial charge in [-0.15, -0.1) is 0 Å². The van der Waals surface area contributed by atoms with E-state index in [1.54, 1.807) is 34.9 Å². The summed E-state index contributed by atoms with van der Waals surface area (Å²) in [4.78, 5) is 27.8. The molecule has 2 atom stereocenters. The number of nitrogens with zero attached hydrogens (tertiary/aromatic N) is 2. The molecule has 1 fully saturated rings. The summed E-state index contributed by atoms with van der Waals surface area (Å²) >= 11 is 0. The molecule has 2 aliphatic rings. The SMILES string of the molecule is O=C(COc1ccccc1)N1C[C@@H]2C[C@H](C1)c1ccc(NS(=O)(=O)Cc3ccccc3)c(=O)n1C2. The molecule has 1 N–H and O–H groups in total. The standard InChI is InChI=1S/C26H27N3O5S/c30-25(17-34-22-9-5-2-6-10-22)28-14-20-13-21(16-28)24-12-11-23(26(31)29(24)15-20)27-35(32,33)18-19-7-3-1-4-8-19/h1-12,20-21,27H,13-18H2/t20-,21+/m0/s1. The summed E-state index contributed by atoms with van der Waals surface area (Å²) in [5.41, 5.74) is 1.18. The molecular weight excluding hydrogens is 466 g/mol. The highest BCUT2D eigenvalue weighted by atomic mass is 32.2. The predicted molar refractivity (Wildman–Crippen MR) is 133 cm³/mol. The van der Waals surface area contributed by atoms with Gasteiger partial charge in [0.1, 0.15) is 11.4 Å². The van der Waals surface area contributed by atoms with Crippen LogP contribution in [0, 0.1) is 5.92 Å². The molecule has 182 valence electrons. The van der Waals surface area contributed by atoms with Gasteiger partial charge in [0.15, 0.2) is 6.61 Å². The zero-order chi connectivity index (χ0) is 24.4. The zero-order valence-electron chi connectivity index (χ0n) is 19.2. The lowest BCUT2D eigenvalue weighted by Crippen LogP contribution is -2.50. The molecule has 1 saturated heterocycles. The van der Waals surface area contributed by atoms with E-state index >= 15 is 0 Å². The second-order valence-electron chi connectivity index (χ2n) is 9.13. The van der Waals surface area contributed by atoms with Gasteiger partial charge in [0, 0.05) is 31.2 Å². The van der Waals surface area contributed by atoms with Crippen molar-refractivity contribution in [3.8, 4) is 5.75 Å². The van der Waals surface area contributed by atoms with Gasteiger partial charge in [0.2, 0.25) is 10.0 Å². The number of likely N-dealkylation sites (tertiary alicyclic amines) is 1. The Kier molecular flexibility index (Phi) is 6.34. The third-order valence-corrected chi connectivity index (χ3v) is 7.77. The van der Waals surface area contributed by atoms with Crippen LogP contribution < -0.4 is 15.0 Å². The number of piperidine rings is 1. The van der Waals surface area contributed by atoms with Crippen LogP contribution in [0.4, 0.5) is 5.69 Å². The smallest absolute Gasteiger partial charge is 0.275 e. The molecule has 2 bridgehead atoms. The van der Waals surface area contributed by atoms with Gasteiger partial charge in [-0.2, -0.15) is 0 Å². The molecule has 0 spiro atoms. The van der Waals surface area contributed by atoms with Crippen LogP contribution in [-0.4, -0.2) is 43.5 Å². The van der Waals surface area contributed by atoms with E-state index in [4.69, 9.17) is 4.74 Å². The van der Waals surface area contributed by atoms with Crippen LogP contribution in [0.25, 0.3) is 0 Å². The van der Waals surface area contributed by atoms with Crippen molar-refractivity contribution in [3.05, 3.63) is 94.4 Å². The van der Waals surface area contributed by atoms with Crippen LogP contribution in [0.3, 0.4) is 0 Å². The van der Waals surface area contributed by atoms with E-state index in [0.29, 0.717) is 30.9 Å². The summed E-state index contributed by atoms with van der Waals surface area (Å²) in [6.45, 7) is 1.47. The van der Waals surface area contributed by atoms with E-state index < -0.39 is 10.0 Å². The number of carbonyl (C=O) groups is 1. The fourth-order valence-corrected chi connectivity index (χ4v) is 6.17. The van der Waals surface area contributed by atoms with Gasteiger partial charge in [0.05, 0.1) is 5.75 Å². The molecule has 5 rings (SSSR count). The highest BCUT2D eigenvalue weighted by Gasteiger charge is 2.37. The Bertz CT molecular complexity index is 1370. The second-order valence-corrected chi connectivity index (χ2v) is 10.9. The molecule has 3 heterocycles. The van der Waals surface area contributed by atoms with Crippen LogP contribution in [0.1, 0.15) is 23.6 Å². The molecular formula is C26H27N3O5S. The van der Waals surface area contributed by atoms with Crippen LogP contribution in [0.2, 0.25) is 0 Å². The monoisotopic (exact) mass is 493 g/mol. The van der Waals surface area contributed by atoms with Crippen molar-refractivity contribution in [1.82, 2.24) is 9.47 Å². The molecule has 1 aromatic heterocycles. The van der Waals surface area contributed by atoms with Crippen molar-refractivity contribution in [2.24, 2.45) is 5.92 Å². The first-order valence-electron chi connectivity index (χ1n) is 11.6. The number of pyridine rings is 1. The van der Waals surface area contributed by atoms with E-state index in [2.05, 4.69) is 4.72 Å². The van der Waals surface area contributed by atoms with Gasteiger partial charge in [-0.1, -0.05) is 48.5 Å². The molecule has 0 unspecified atom stereocenters. The summed E-state index contributed by atoms with van der Waals surface area (Å²) in [6.07, 6.45) is 0.891. The van der Waals surface area contributed by atoms with Crippen molar-refractivity contribution in [1.29, 1.82) is 0 Å². The molecule has 0 saturated carbocycles. The number of fused-ring (bicyclic) bond motifs is 4. The van der Waals surface area contributed by atoms with Crippen molar-refractivity contribution in [2.45, 2.75) is 24.6 Å². The van der Waals surface area contributed by atoms with Crippen LogP contribution in [-0.2, 0) is 27.1 Å². The molecule has 35 heavy (non-hydrogen) atoms. The highest BCUT2D eigenvalue weighted by molar-refractivity contribution is 7.91. The third kappa shape index (κ3) is 5.24. The number of ether oxygens (including phenoxy) is 1. The number of aromatic nitrogens is 1. The molecule has 9 heteroatoms. The fourth-order valence-electron chi connectivity index (χ4n) is 4.98. The molecule has 8 nitrogen and oxygen atoms in total. The van der Waals surface area contributed by atoms with Gasteiger partial charge in [0.25, 0.3) is 11.5 Å². The fraction of sp³-hybridized carbons (Fsp3) is 0.308. The van der Waals surface area contributed by atoms with Crippen LogP contribution in [0.5, 0.6) is 5.75 Å². The Morgan fingerprint density at radius 3 is 2.40 bits per heavy atom. The third-order valence-electron chi connectivity index (χ3n) is 6.53. The Morgan fingerprint density at radius 1 is 0.943 bits per heavy atom. The molecule has 2 aromatic carbocycles. The molecule has 0 radical (unpaired) electrons. The van der Waals surface area contributed by atoms with E-state index in [1.807, 2.05) is 41.3 Å². The number of nitrogens with one attached hydrogen (secondary N) is 1. The molecule has 3 aromatic rings. The first-order valence-corrected chi connectivity index (χ1v) is 13.3. The number of benzene rings is 2. The maximum atomic E-state index is 13.2. The number of anilines is 1. The highest BCUT2D eigenvalue weighted by Crippen LogP contribution is 2.35. The predicted octanol–water partition coefficient (Wildman–Crippen LogP) is 2.81. The van der Waals surface area contributed by atoms with Crippen LogP contribution >= 0.6 is 0 Å². The topological polar surface area (TPSA) is 97.7 Å². The average molecular weight is 494 g/mol. The number of rotatable bonds is 7. The lowest BCUT2D eigenvalue weighted by Gasteiger charge is -2.42. The number of hydrogen-bond acceptors (Lipinski definition) is 5. The minimum atomic E-state index is -3.73. The van der Waals surface area contributed by atoms with Gasteiger partial charge in [-0.3, -0.25) is 14.3 Å². The Labute approximate surface area is 204 Å². The van der Waals surface area contributed by atoms with Gasteiger partial charge in [-0.05, 0) is 42.2 Å². The Balaban J connectivity index is 1.29. The lowest BCUT2D eigenvalue weighted by molar-refractivity contribution is -0.136. The van der Waals surface area contributed by atoms with Gasteiger partial charge >= 0.3 is 0 Å². The lowest BCUT2D eigenvalue weighted by atomic mass is 9.83. The van der Waals surface area contributed by atoms with E-state index in [1.165, 1.54) is 6.07 Å². The summed E-state index contributed by atoms with van der Waals surface area (Å²) in [7, 11) is -3.73. The summed E-state index contributed by atoms with van der Waals surface area (Å²) in [5, 5.41) is 0. The van der Waals surface area contributed by atoms with Crippen molar-refractivity contribution >= 4 is 21.6 Å². The summed E-state index contributed by atoms with van der Waals surface area (Å²) in [5.74, 6) is 0.506. The Hall–Kier alpha value is -3.59. The average Bonchev–Trinajstić information content (AvgIpc) is 2.85. The molecule has 1 amide bonds. The summed E-state index contributed by atoms with van der Waals surface area (Å²) < 4.78 is 35.1. The number of hydrogen-bond donors (Lipinski definition) is 1. The first-order chi connectivity index (χ1) is 16.9. The van der Waals surface area contributed by atoms with Crippen molar-refractivity contribution in [3.63, 3.8) is 0 Å². The first kappa shape index (κ1) is 23.2. The maximum absolute atomic E-state index is 13.2. The van der Waals surface area contributed by atoms with E-state index in [0.717, 1.165) is 12.1 Å². The normalized spacial score (nSPS) is 19.0.